The maximum absolute atomic E-state index is 13.3. The molecule has 8 heteroatoms. The van der Waals surface area contributed by atoms with Crippen molar-refractivity contribution in [3.8, 4) is 5.69 Å². The van der Waals surface area contributed by atoms with Crippen LogP contribution >= 0.6 is 11.6 Å². The molecule has 1 aromatic carbocycles. The summed E-state index contributed by atoms with van der Waals surface area (Å²) in [6, 6.07) is 4.31. The van der Waals surface area contributed by atoms with E-state index < -0.39 is 5.82 Å². The molecule has 0 atom stereocenters. The Morgan fingerprint density at radius 2 is 2.21 bits per heavy atom. The Balaban J connectivity index is 1.66. The first-order valence-electron chi connectivity index (χ1n) is 7.92. The van der Waals surface area contributed by atoms with Crippen molar-refractivity contribution in [1.82, 2.24) is 25.2 Å². The first-order valence-corrected chi connectivity index (χ1v) is 8.30. The van der Waals surface area contributed by atoms with Gasteiger partial charge in [-0.15, -0.1) is 5.10 Å². The Bertz CT molecular complexity index is 817. The molecule has 1 aromatic heterocycles. The van der Waals surface area contributed by atoms with E-state index >= 15 is 0 Å². The number of halogens is 2. The Kier molecular flexibility index (Phi) is 3.58. The third-order valence-corrected chi connectivity index (χ3v) is 5.15. The van der Waals surface area contributed by atoms with Gasteiger partial charge in [-0.25, -0.2) is 9.07 Å². The fourth-order valence-corrected chi connectivity index (χ4v) is 3.44. The van der Waals surface area contributed by atoms with Gasteiger partial charge >= 0.3 is 0 Å². The average Bonchev–Trinajstić information content (AvgIpc) is 3.22. The van der Waals surface area contributed by atoms with Crippen molar-refractivity contribution >= 4 is 17.5 Å². The van der Waals surface area contributed by atoms with E-state index in [9.17, 15) is 9.18 Å². The van der Waals surface area contributed by atoms with Crippen LogP contribution in [0.3, 0.4) is 0 Å². The lowest BCUT2D eigenvalue weighted by atomic mass is 10.1. The number of carbonyl (C=O) groups is 1. The molecule has 1 aliphatic heterocycles. The van der Waals surface area contributed by atoms with Gasteiger partial charge in [0, 0.05) is 19.6 Å². The smallest absolute Gasteiger partial charge is 0.276 e. The second-order valence-corrected chi connectivity index (χ2v) is 6.80. The van der Waals surface area contributed by atoms with E-state index in [2.05, 4.69) is 15.6 Å². The zero-order valence-electron chi connectivity index (χ0n) is 13.2. The van der Waals surface area contributed by atoms with Gasteiger partial charge < -0.3 is 10.2 Å². The molecule has 1 N–H and O–H groups in total. The number of rotatable bonds is 2. The van der Waals surface area contributed by atoms with Crippen LogP contribution in [0.15, 0.2) is 18.2 Å². The number of carbonyl (C=O) groups excluding carboxylic acids is 1. The van der Waals surface area contributed by atoms with E-state index in [1.807, 2.05) is 4.90 Å². The van der Waals surface area contributed by atoms with Gasteiger partial charge in [-0.1, -0.05) is 16.8 Å². The molecule has 1 saturated heterocycles. The number of hydrogen-bond acceptors (Lipinski definition) is 4. The highest BCUT2D eigenvalue weighted by Gasteiger charge is 2.51. The highest BCUT2D eigenvalue weighted by atomic mass is 35.5. The van der Waals surface area contributed by atoms with Gasteiger partial charge in [-0.3, -0.25) is 4.79 Å². The first-order chi connectivity index (χ1) is 11.5. The molecule has 126 valence electrons. The fourth-order valence-electron chi connectivity index (χ4n) is 3.27. The second-order valence-electron chi connectivity index (χ2n) is 6.39. The number of nitrogens with zero attached hydrogens (tertiary/aromatic N) is 4. The largest absolute Gasteiger partial charge is 0.329 e. The minimum Gasteiger partial charge on any atom is -0.329 e. The molecule has 2 heterocycles. The number of hydrogen-bond donors (Lipinski definition) is 1. The van der Waals surface area contributed by atoms with E-state index in [0.717, 1.165) is 25.9 Å². The molecular formula is C16H17ClFN5O. The maximum Gasteiger partial charge on any atom is 0.276 e. The van der Waals surface area contributed by atoms with Crippen molar-refractivity contribution in [2.75, 3.05) is 19.6 Å². The van der Waals surface area contributed by atoms with Gasteiger partial charge in [-0.2, -0.15) is 0 Å². The summed E-state index contributed by atoms with van der Waals surface area (Å²) in [6.07, 6.45) is 2.04. The van der Waals surface area contributed by atoms with Crippen LogP contribution in [0.25, 0.3) is 5.69 Å². The summed E-state index contributed by atoms with van der Waals surface area (Å²) in [5.74, 6) is -0.586. The van der Waals surface area contributed by atoms with Crippen LogP contribution in [0.4, 0.5) is 4.39 Å². The van der Waals surface area contributed by atoms with Crippen LogP contribution in [-0.4, -0.2) is 51.0 Å². The standard InChI is InChI=1S/C16H17ClFN5O/c1-10-14(15(24)22-7-6-19-9-16(22)4-5-16)20-21-23(10)11-2-3-13(18)12(17)8-11/h2-3,8,19H,4-7,9H2,1H3. The third-order valence-electron chi connectivity index (χ3n) is 4.86. The predicted molar refractivity (Wildman–Crippen MR) is 86.9 cm³/mol. The number of benzene rings is 1. The highest BCUT2D eigenvalue weighted by Crippen LogP contribution is 2.43. The summed E-state index contributed by atoms with van der Waals surface area (Å²) in [6.45, 7) is 4.08. The number of piperazine rings is 1. The molecule has 0 unspecified atom stereocenters. The van der Waals surface area contributed by atoms with Crippen LogP contribution in [0.2, 0.25) is 5.02 Å². The minimum atomic E-state index is -0.494. The molecule has 0 bridgehead atoms. The summed E-state index contributed by atoms with van der Waals surface area (Å²) in [5.41, 5.74) is 1.48. The van der Waals surface area contributed by atoms with Crippen molar-refractivity contribution in [2.45, 2.75) is 25.3 Å². The second kappa shape index (κ2) is 5.53. The SMILES string of the molecule is Cc1c(C(=O)N2CCNCC23CC3)nnn1-c1ccc(F)c(Cl)c1. The Labute approximate surface area is 143 Å². The van der Waals surface area contributed by atoms with Gasteiger partial charge in [-0.05, 0) is 38.0 Å². The molecule has 6 nitrogen and oxygen atoms in total. The lowest BCUT2D eigenvalue weighted by Crippen LogP contribution is -2.55. The highest BCUT2D eigenvalue weighted by molar-refractivity contribution is 6.30. The van der Waals surface area contributed by atoms with Crippen LogP contribution < -0.4 is 5.32 Å². The summed E-state index contributed by atoms with van der Waals surface area (Å²) >= 11 is 5.83. The normalized spacial score (nSPS) is 18.9. The van der Waals surface area contributed by atoms with E-state index in [1.54, 1.807) is 13.0 Å². The van der Waals surface area contributed by atoms with Crippen LogP contribution in [0.1, 0.15) is 29.0 Å². The van der Waals surface area contributed by atoms with Gasteiger partial charge in [0.25, 0.3) is 5.91 Å². The maximum atomic E-state index is 13.3. The summed E-state index contributed by atoms with van der Waals surface area (Å²) in [7, 11) is 0. The summed E-state index contributed by atoms with van der Waals surface area (Å²) in [5, 5.41) is 11.5. The predicted octanol–water partition coefficient (Wildman–Crippen LogP) is 1.95. The van der Waals surface area contributed by atoms with Gasteiger partial charge in [0.05, 0.1) is 21.9 Å². The van der Waals surface area contributed by atoms with Gasteiger partial charge in [0.1, 0.15) is 5.82 Å². The van der Waals surface area contributed by atoms with Crippen molar-refractivity contribution in [3.05, 3.63) is 40.4 Å². The summed E-state index contributed by atoms with van der Waals surface area (Å²) < 4.78 is 14.9. The van der Waals surface area contributed by atoms with Crippen LogP contribution in [-0.2, 0) is 0 Å². The molecule has 1 saturated carbocycles. The lowest BCUT2D eigenvalue weighted by molar-refractivity contribution is 0.0593. The molecule has 0 radical (unpaired) electrons. The Hall–Kier alpha value is -1.99. The van der Waals surface area contributed by atoms with Crippen molar-refractivity contribution in [2.24, 2.45) is 0 Å². The molecule has 1 spiro atoms. The van der Waals surface area contributed by atoms with Gasteiger partial charge in [0.15, 0.2) is 5.69 Å². The van der Waals surface area contributed by atoms with Gasteiger partial charge in [0.2, 0.25) is 0 Å². The summed E-state index contributed by atoms with van der Waals surface area (Å²) in [4.78, 5) is 14.9. The number of amides is 1. The molecule has 4 rings (SSSR count). The molecule has 1 amide bonds. The van der Waals surface area contributed by atoms with E-state index in [0.29, 0.717) is 23.6 Å². The third kappa shape index (κ3) is 2.39. The van der Waals surface area contributed by atoms with Crippen molar-refractivity contribution < 1.29 is 9.18 Å². The minimum absolute atomic E-state index is 0.00862. The Morgan fingerprint density at radius 1 is 1.42 bits per heavy atom. The molecule has 1 aliphatic carbocycles. The monoisotopic (exact) mass is 349 g/mol. The Morgan fingerprint density at radius 3 is 2.92 bits per heavy atom. The zero-order valence-corrected chi connectivity index (χ0v) is 14.0. The molecular weight excluding hydrogens is 333 g/mol. The van der Waals surface area contributed by atoms with E-state index in [-0.39, 0.29) is 16.5 Å². The van der Waals surface area contributed by atoms with Crippen molar-refractivity contribution in [3.63, 3.8) is 0 Å². The lowest BCUT2D eigenvalue weighted by Gasteiger charge is -2.36. The quantitative estimate of drug-likeness (QED) is 0.900. The average molecular weight is 350 g/mol. The zero-order chi connectivity index (χ0) is 16.9. The van der Waals surface area contributed by atoms with E-state index in [1.165, 1.54) is 16.8 Å². The van der Waals surface area contributed by atoms with Crippen molar-refractivity contribution in [1.29, 1.82) is 0 Å². The fraction of sp³-hybridized carbons (Fsp3) is 0.438. The number of aromatic nitrogens is 3. The first kappa shape index (κ1) is 15.5. The van der Waals surface area contributed by atoms with E-state index in [4.69, 9.17) is 11.6 Å². The molecule has 2 fully saturated rings. The molecule has 2 aliphatic rings. The molecule has 24 heavy (non-hydrogen) atoms. The van der Waals surface area contributed by atoms with Crippen LogP contribution in [0, 0.1) is 12.7 Å². The topological polar surface area (TPSA) is 63.1 Å². The number of nitrogens with one attached hydrogen (secondary N) is 1. The molecule has 2 aromatic rings. The van der Waals surface area contributed by atoms with Crippen LogP contribution in [0.5, 0.6) is 0 Å².